The Morgan fingerprint density at radius 1 is 1.30 bits per heavy atom. The van der Waals surface area contributed by atoms with Gasteiger partial charge >= 0.3 is 0 Å². The summed E-state index contributed by atoms with van der Waals surface area (Å²) in [5, 5.41) is 5.75. The Kier molecular flexibility index (Phi) is 4.93. The van der Waals surface area contributed by atoms with E-state index in [0.29, 0.717) is 11.5 Å². The van der Waals surface area contributed by atoms with Crippen molar-refractivity contribution >= 4 is 11.3 Å². The van der Waals surface area contributed by atoms with E-state index < -0.39 is 0 Å². The Morgan fingerprint density at radius 3 is 2.40 bits per heavy atom. The van der Waals surface area contributed by atoms with E-state index in [2.05, 4.69) is 51.5 Å². The molecular formula is C17H29NOS. The first kappa shape index (κ1) is 16.0. The summed E-state index contributed by atoms with van der Waals surface area (Å²) in [7, 11) is 2.07. The second-order valence-corrected chi connectivity index (χ2v) is 7.94. The number of nitrogens with one attached hydrogen (secondary N) is 1. The average molecular weight is 295 g/mol. The lowest BCUT2D eigenvalue weighted by molar-refractivity contribution is -0.106. The quantitative estimate of drug-likeness (QED) is 0.850. The van der Waals surface area contributed by atoms with Gasteiger partial charge in [-0.3, -0.25) is 0 Å². The summed E-state index contributed by atoms with van der Waals surface area (Å²) < 4.78 is 6.34. The smallest absolute Gasteiger partial charge is 0.0876 e. The third kappa shape index (κ3) is 3.10. The van der Waals surface area contributed by atoms with Crippen LogP contribution in [0.3, 0.4) is 0 Å². The lowest BCUT2D eigenvalue weighted by atomic mass is 9.67. The summed E-state index contributed by atoms with van der Waals surface area (Å²) in [6.45, 7) is 9.90. The molecule has 0 spiro atoms. The Bertz CT molecular complexity index is 428. The SMILES string of the molecule is CCOC1(C(NC)c2ccsc2C)CCC(C)(C)CC1. The van der Waals surface area contributed by atoms with Crippen molar-refractivity contribution in [3.63, 3.8) is 0 Å². The molecule has 1 aliphatic rings. The van der Waals surface area contributed by atoms with Gasteiger partial charge < -0.3 is 10.1 Å². The lowest BCUT2D eigenvalue weighted by Crippen LogP contribution is -2.49. The molecule has 1 aliphatic carbocycles. The molecule has 0 saturated heterocycles. The van der Waals surface area contributed by atoms with E-state index in [-0.39, 0.29) is 5.60 Å². The van der Waals surface area contributed by atoms with E-state index in [4.69, 9.17) is 4.74 Å². The molecule has 1 atom stereocenters. The highest BCUT2D eigenvalue weighted by molar-refractivity contribution is 7.10. The van der Waals surface area contributed by atoms with Crippen LogP contribution in [0.5, 0.6) is 0 Å². The van der Waals surface area contributed by atoms with Gasteiger partial charge in [-0.1, -0.05) is 13.8 Å². The third-order valence-electron chi connectivity index (χ3n) is 4.91. The highest BCUT2D eigenvalue weighted by Gasteiger charge is 2.45. The number of rotatable bonds is 5. The van der Waals surface area contributed by atoms with E-state index in [1.807, 2.05) is 11.3 Å². The molecule has 0 bridgehead atoms. The molecule has 1 saturated carbocycles. The molecule has 2 nitrogen and oxygen atoms in total. The van der Waals surface area contributed by atoms with Crippen molar-refractivity contribution in [2.45, 2.75) is 65.0 Å². The molecular weight excluding hydrogens is 266 g/mol. The van der Waals surface area contributed by atoms with Gasteiger partial charge in [0.1, 0.15) is 0 Å². The van der Waals surface area contributed by atoms with Gasteiger partial charge in [0.05, 0.1) is 11.6 Å². The van der Waals surface area contributed by atoms with Crippen molar-refractivity contribution in [2.75, 3.05) is 13.7 Å². The predicted molar refractivity (Wildman–Crippen MR) is 87.5 cm³/mol. The molecule has 3 heteroatoms. The van der Waals surface area contributed by atoms with Gasteiger partial charge in [0, 0.05) is 11.5 Å². The first-order valence-corrected chi connectivity index (χ1v) is 8.67. The second kappa shape index (κ2) is 6.17. The van der Waals surface area contributed by atoms with Crippen molar-refractivity contribution < 1.29 is 4.74 Å². The van der Waals surface area contributed by atoms with Gasteiger partial charge in [-0.05, 0) is 69.0 Å². The number of likely N-dealkylation sites (N-methyl/N-ethyl adjacent to an activating group) is 1. The van der Waals surface area contributed by atoms with Gasteiger partial charge in [-0.15, -0.1) is 11.3 Å². The molecule has 1 aromatic rings. The average Bonchev–Trinajstić information content (AvgIpc) is 2.81. The fourth-order valence-electron chi connectivity index (χ4n) is 3.55. The number of thiophene rings is 1. The van der Waals surface area contributed by atoms with Crippen molar-refractivity contribution in [2.24, 2.45) is 5.41 Å². The molecule has 1 fully saturated rings. The molecule has 1 unspecified atom stereocenters. The summed E-state index contributed by atoms with van der Waals surface area (Å²) in [4.78, 5) is 1.41. The summed E-state index contributed by atoms with van der Waals surface area (Å²) in [6.07, 6.45) is 4.78. The van der Waals surface area contributed by atoms with E-state index in [1.165, 1.54) is 23.3 Å². The Balaban J connectivity index is 2.29. The van der Waals surface area contributed by atoms with Gasteiger partial charge in [0.25, 0.3) is 0 Å². The largest absolute Gasteiger partial charge is 0.373 e. The van der Waals surface area contributed by atoms with Crippen molar-refractivity contribution in [3.05, 3.63) is 21.9 Å². The van der Waals surface area contributed by atoms with Gasteiger partial charge in [0.2, 0.25) is 0 Å². The highest BCUT2D eigenvalue weighted by Crippen LogP contribution is 2.48. The number of hydrogen-bond donors (Lipinski definition) is 1. The first-order chi connectivity index (χ1) is 9.44. The Morgan fingerprint density at radius 2 is 1.95 bits per heavy atom. The zero-order valence-corrected chi connectivity index (χ0v) is 14.4. The molecule has 0 aromatic carbocycles. The van der Waals surface area contributed by atoms with Gasteiger partial charge in [-0.25, -0.2) is 0 Å². The summed E-state index contributed by atoms with van der Waals surface area (Å²) in [6, 6.07) is 2.58. The summed E-state index contributed by atoms with van der Waals surface area (Å²) in [5.41, 5.74) is 1.85. The van der Waals surface area contributed by atoms with E-state index >= 15 is 0 Å². The van der Waals surface area contributed by atoms with E-state index in [1.54, 1.807) is 0 Å². The number of hydrogen-bond acceptors (Lipinski definition) is 3. The van der Waals surface area contributed by atoms with Crippen LogP contribution in [0.25, 0.3) is 0 Å². The second-order valence-electron chi connectivity index (χ2n) is 6.82. The molecule has 20 heavy (non-hydrogen) atoms. The Labute approximate surface area is 127 Å². The first-order valence-electron chi connectivity index (χ1n) is 7.79. The molecule has 0 aliphatic heterocycles. The van der Waals surface area contributed by atoms with Crippen LogP contribution < -0.4 is 5.32 Å². The molecule has 1 N–H and O–H groups in total. The predicted octanol–water partition coefficient (Wildman–Crippen LogP) is 4.69. The molecule has 114 valence electrons. The zero-order valence-electron chi connectivity index (χ0n) is 13.6. The van der Waals surface area contributed by atoms with Crippen LogP contribution in [0.2, 0.25) is 0 Å². The molecule has 1 aromatic heterocycles. The van der Waals surface area contributed by atoms with Crippen LogP contribution >= 0.6 is 11.3 Å². The standard InChI is InChI=1S/C17H29NOS/c1-6-19-17(10-8-16(3,4)9-11-17)15(18-5)14-7-12-20-13(14)2/h7,12,15,18H,6,8-11H2,1-5H3. The van der Waals surface area contributed by atoms with Crippen LogP contribution in [0.4, 0.5) is 0 Å². The van der Waals surface area contributed by atoms with Crippen molar-refractivity contribution in [3.8, 4) is 0 Å². The highest BCUT2D eigenvalue weighted by atomic mass is 32.1. The fourth-order valence-corrected chi connectivity index (χ4v) is 4.29. The maximum atomic E-state index is 6.34. The monoisotopic (exact) mass is 295 g/mol. The number of ether oxygens (including phenoxy) is 1. The van der Waals surface area contributed by atoms with Crippen LogP contribution in [-0.4, -0.2) is 19.3 Å². The molecule has 2 rings (SSSR count). The maximum absolute atomic E-state index is 6.34. The molecule has 0 radical (unpaired) electrons. The van der Waals surface area contributed by atoms with Gasteiger partial charge in [-0.2, -0.15) is 0 Å². The zero-order chi connectivity index (χ0) is 14.8. The topological polar surface area (TPSA) is 21.3 Å². The van der Waals surface area contributed by atoms with Crippen molar-refractivity contribution in [1.82, 2.24) is 5.32 Å². The molecule has 0 amide bonds. The van der Waals surface area contributed by atoms with Crippen LogP contribution in [0, 0.1) is 12.3 Å². The minimum atomic E-state index is -0.0369. The van der Waals surface area contributed by atoms with Crippen molar-refractivity contribution in [1.29, 1.82) is 0 Å². The van der Waals surface area contributed by atoms with Crippen LogP contribution in [-0.2, 0) is 4.74 Å². The number of aryl methyl sites for hydroxylation is 1. The summed E-state index contributed by atoms with van der Waals surface area (Å²) in [5.74, 6) is 0. The van der Waals surface area contributed by atoms with Gasteiger partial charge in [0.15, 0.2) is 0 Å². The lowest BCUT2D eigenvalue weighted by Gasteiger charge is -2.47. The van der Waals surface area contributed by atoms with Crippen LogP contribution in [0.15, 0.2) is 11.4 Å². The van der Waals surface area contributed by atoms with E-state index in [0.717, 1.165) is 19.4 Å². The van der Waals surface area contributed by atoms with Crippen LogP contribution in [0.1, 0.15) is 62.9 Å². The third-order valence-corrected chi connectivity index (χ3v) is 5.77. The Hall–Kier alpha value is -0.380. The summed E-state index contributed by atoms with van der Waals surface area (Å²) >= 11 is 1.83. The minimum absolute atomic E-state index is 0.0369. The maximum Gasteiger partial charge on any atom is 0.0876 e. The fraction of sp³-hybridized carbons (Fsp3) is 0.765. The normalized spacial score (nSPS) is 22.6. The minimum Gasteiger partial charge on any atom is -0.373 e. The van der Waals surface area contributed by atoms with E-state index in [9.17, 15) is 0 Å². The molecule has 1 heterocycles.